The van der Waals surface area contributed by atoms with Crippen LogP contribution < -0.4 is 10.6 Å². The number of benzene rings is 1. The quantitative estimate of drug-likeness (QED) is 0.518. The van der Waals surface area contributed by atoms with Crippen LogP contribution in [-0.4, -0.2) is 35.9 Å². The molecule has 2 amide bonds. The summed E-state index contributed by atoms with van der Waals surface area (Å²) in [4.78, 5) is 38.2. The summed E-state index contributed by atoms with van der Waals surface area (Å²) in [5, 5.41) is 6.76. The van der Waals surface area contributed by atoms with Gasteiger partial charge in [-0.3, -0.25) is 9.59 Å². The zero-order chi connectivity index (χ0) is 22.4. The Bertz CT molecular complexity index is 959. The van der Waals surface area contributed by atoms with E-state index in [9.17, 15) is 14.4 Å². The van der Waals surface area contributed by atoms with Crippen molar-refractivity contribution in [3.63, 3.8) is 0 Å². The van der Waals surface area contributed by atoms with Crippen LogP contribution in [0.15, 0.2) is 24.3 Å². The smallest absolute Gasteiger partial charge is 0.341 e. The lowest BCUT2D eigenvalue weighted by molar-refractivity contribution is -0.114. The molecule has 3 rings (SSSR count). The summed E-state index contributed by atoms with van der Waals surface area (Å²) < 4.78 is 5.23. The highest BCUT2D eigenvalue weighted by molar-refractivity contribution is 8.00. The zero-order valence-electron chi connectivity index (χ0n) is 17.5. The molecule has 9 heteroatoms. The summed E-state index contributed by atoms with van der Waals surface area (Å²) in [5.74, 6) is -0.0391. The van der Waals surface area contributed by atoms with Crippen molar-refractivity contribution in [2.24, 2.45) is 5.92 Å². The molecule has 1 aromatic heterocycles. The number of ether oxygens (including phenoxy) is 1. The maximum absolute atomic E-state index is 12.5. The van der Waals surface area contributed by atoms with Crippen LogP contribution in [0.3, 0.4) is 0 Å². The molecule has 0 fully saturated rings. The molecule has 1 aliphatic carbocycles. The number of carbonyl (C=O) groups is 3. The molecule has 1 aromatic carbocycles. The molecule has 2 N–H and O–H groups in total. The number of halogens is 1. The second-order valence-corrected chi connectivity index (χ2v) is 9.90. The van der Waals surface area contributed by atoms with E-state index in [4.69, 9.17) is 16.3 Å². The van der Waals surface area contributed by atoms with Crippen molar-refractivity contribution >= 4 is 63.2 Å². The van der Waals surface area contributed by atoms with Gasteiger partial charge < -0.3 is 15.4 Å². The van der Waals surface area contributed by atoms with Crippen molar-refractivity contribution in [1.29, 1.82) is 0 Å². The fourth-order valence-corrected chi connectivity index (χ4v) is 5.55. The predicted molar refractivity (Wildman–Crippen MR) is 128 cm³/mol. The number of carbonyl (C=O) groups excluding carboxylic acids is 3. The molecule has 31 heavy (non-hydrogen) atoms. The Morgan fingerprint density at radius 1 is 1.16 bits per heavy atom. The van der Waals surface area contributed by atoms with Gasteiger partial charge in [-0.05, 0) is 61.9 Å². The molecule has 1 unspecified atom stereocenters. The molecule has 2 aromatic rings. The number of hydrogen-bond acceptors (Lipinski definition) is 6. The Labute approximate surface area is 195 Å². The number of thioether (sulfide) groups is 1. The molecular weight excluding hydrogens is 456 g/mol. The fraction of sp³-hybridized carbons (Fsp3) is 0.409. The molecule has 0 radical (unpaired) electrons. The minimum absolute atomic E-state index is 0.106. The molecule has 1 aliphatic rings. The lowest BCUT2D eigenvalue weighted by Gasteiger charge is -2.18. The first-order chi connectivity index (χ1) is 14.9. The van der Waals surface area contributed by atoms with Gasteiger partial charge in [0.25, 0.3) is 0 Å². The van der Waals surface area contributed by atoms with Crippen LogP contribution in [0.1, 0.15) is 41.1 Å². The third kappa shape index (κ3) is 6.48. The Balaban J connectivity index is 1.56. The average Bonchev–Trinajstić information content (AvgIpc) is 3.06. The Kier molecular flexibility index (Phi) is 8.40. The molecule has 1 atom stereocenters. The predicted octanol–water partition coefficient (Wildman–Crippen LogP) is 5.01. The molecule has 0 spiro atoms. The van der Waals surface area contributed by atoms with Gasteiger partial charge in [0.15, 0.2) is 0 Å². The highest BCUT2D eigenvalue weighted by Gasteiger charge is 2.29. The first-order valence-corrected chi connectivity index (χ1v) is 12.5. The minimum Gasteiger partial charge on any atom is -0.462 e. The molecular formula is C22H25ClN2O4S2. The van der Waals surface area contributed by atoms with Crippen molar-refractivity contribution < 1.29 is 19.1 Å². The summed E-state index contributed by atoms with van der Waals surface area (Å²) in [7, 11) is 0. The van der Waals surface area contributed by atoms with Crippen molar-refractivity contribution in [2.45, 2.75) is 33.1 Å². The van der Waals surface area contributed by atoms with Crippen LogP contribution in [0, 0.1) is 5.92 Å². The number of anilines is 2. The SMILES string of the molecule is CCOC(=O)c1c(NC(=O)CSCC(=O)Nc2ccc(Cl)cc2)sc2c1CCC(C)C2. The van der Waals surface area contributed by atoms with Crippen molar-refractivity contribution in [1.82, 2.24) is 0 Å². The Morgan fingerprint density at radius 2 is 1.84 bits per heavy atom. The number of amides is 2. The molecule has 0 bridgehead atoms. The summed E-state index contributed by atoms with van der Waals surface area (Å²) in [5.41, 5.74) is 2.15. The van der Waals surface area contributed by atoms with E-state index in [1.807, 2.05) is 0 Å². The lowest BCUT2D eigenvalue weighted by atomic mass is 9.88. The average molecular weight is 481 g/mol. The van der Waals surface area contributed by atoms with Crippen LogP contribution in [-0.2, 0) is 27.2 Å². The second-order valence-electron chi connectivity index (χ2n) is 7.37. The maximum Gasteiger partial charge on any atom is 0.341 e. The Hall–Kier alpha value is -2.03. The molecule has 0 saturated heterocycles. The van der Waals surface area contributed by atoms with Crippen LogP contribution in [0.4, 0.5) is 10.7 Å². The van der Waals surface area contributed by atoms with Gasteiger partial charge in [0.1, 0.15) is 5.00 Å². The van der Waals surface area contributed by atoms with Crippen molar-refractivity contribution in [3.8, 4) is 0 Å². The van der Waals surface area contributed by atoms with Crippen molar-refractivity contribution in [3.05, 3.63) is 45.3 Å². The van der Waals surface area contributed by atoms with E-state index < -0.39 is 0 Å². The summed E-state index contributed by atoms with van der Waals surface area (Å²) in [6.07, 6.45) is 2.74. The summed E-state index contributed by atoms with van der Waals surface area (Å²) in [6.45, 7) is 4.24. The monoisotopic (exact) mass is 480 g/mol. The topological polar surface area (TPSA) is 84.5 Å². The van der Waals surface area contributed by atoms with Gasteiger partial charge in [0.05, 0.1) is 23.7 Å². The zero-order valence-corrected chi connectivity index (χ0v) is 19.8. The number of rotatable bonds is 8. The second kappa shape index (κ2) is 11.0. The van der Waals surface area contributed by atoms with Gasteiger partial charge >= 0.3 is 5.97 Å². The van der Waals surface area contributed by atoms with Gasteiger partial charge in [-0.15, -0.1) is 23.1 Å². The van der Waals surface area contributed by atoms with Gasteiger partial charge in [-0.25, -0.2) is 4.79 Å². The van der Waals surface area contributed by atoms with E-state index in [0.29, 0.717) is 27.2 Å². The van der Waals surface area contributed by atoms with E-state index in [-0.39, 0.29) is 35.9 Å². The third-order valence-corrected chi connectivity index (χ3v) is 7.19. The first-order valence-electron chi connectivity index (χ1n) is 10.1. The molecule has 0 aliphatic heterocycles. The number of thiophene rings is 1. The summed E-state index contributed by atoms with van der Waals surface area (Å²) in [6, 6.07) is 6.82. The minimum atomic E-state index is -0.389. The van der Waals surface area contributed by atoms with Gasteiger partial charge in [-0.1, -0.05) is 18.5 Å². The first kappa shape index (κ1) is 23.6. The number of fused-ring (bicyclic) bond motifs is 1. The lowest BCUT2D eigenvalue weighted by Crippen LogP contribution is -2.19. The maximum atomic E-state index is 12.5. The highest BCUT2D eigenvalue weighted by atomic mass is 35.5. The molecule has 6 nitrogen and oxygen atoms in total. The van der Waals surface area contributed by atoms with E-state index in [0.717, 1.165) is 29.7 Å². The largest absolute Gasteiger partial charge is 0.462 e. The Morgan fingerprint density at radius 3 is 2.52 bits per heavy atom. The fourth-order valence-electron chi connectivity index (χ4n) is 3.39. The van der Waals surface area contributed by atoms with Crippen LogP contribution >= 0.6 is 34.7 Å². The van der Waals surface area contributed by atoms with Crippen LogP contribution in [0.25, 0.3) is 0 Å². The van der Waals surface area contributed by atoms with E-state index in [1.165, 1.54) is 23.1 Å². The standard InChI is InChI=1S/C22H25ClN2O4S2/c1-3-29-22(28)20-16-9-4-13(2)10-17(16)31-21(20)25-19(27)12-30-11-18(26)24-15-7-5-14(23)6-8-15/h5-8,13H,3-4,9-12H2,1-2H3,(H,24,26)(H,25,27). The van der Waals surface area contributed by atoms with E-state index in [1.54, 1.807) is 31.2 Å². The number of esters is 1. The molecule has 1 heterocycles. The number of hydrogen-bond donors (Lipinski definition) is 2. The van der Waals surface area contributed by atoms with Crippen LogP contribution in [0.5, 0.6) is 0 Å². The third-order valence-electron chi connectivity index (χ3n) is 4.84. The normalized spacial score (nSPS) is 15.1. The van der Waals surface area contributed by atoms with Gasteiger partial charge in [0, 0.05) is 15.6 Å². The highest BCUT2D eigenvalue weighted by Crippen LogP contribution is 2.40. The van der Waals surface area contributed by atoms with E-state index in [2.05, 4.69) is 17.6 Å². The van der Waals surface area contributed by atoms with Gasteiger partial charge in [-0.2, -0.15) is 0 Å². The van der Waals surface area contributed by atoms with E-state index >= 15 is 0 Å². The van der Waals surface area contributed by atoms with Crippen LogP contribution in [0.2, 0.25) is 5.02 Å². The number of nitrogens with one attached hydrogen (secondary N) is 2. The van der Waals surface area contributed by atoms with Crippen molar-refractivity contribution in [2.75, 3.05) is 28.7 Å². The molecule has 166 valence electrons. The molecule has 0 saturated carbocycles. The summed E-state index contributed by atoms with van der Waals surface area (Å²) >= 11 is 8.50. The van der Waals surface area contributed by atoms with Gasteiger partial charge in [0.2, 0.25) is 11.8 Å².